The van der Waals surface area contributed by atoms with Gasteiger partial charge in [-0.2, -0.15) is 0 Å². The Kier molecular flexibility index (Phi) is 9.33. The van der Waals surface area contributed by atoms with Crippen LogP contribution in [0.15, 0.2) is 72.8 Å². The van der Waals surface area contributed by atoms with Gasteiger partial charge in [0, 0.05) is 25.7 Å². The molecule has 4 heterocycles. The number of likely N-dealkylation sites (N-methyl/N-ethyl adjacent to an activating group) is 1. The number of nitrogens with zero attached hydrogens (tertiary/aromatic N) is 3. The number of aliphatic hydroxyl groups is 1. The summed E-state index contributed by atoms with van der Waals surface area (Å²) < 4.78 is 12.9. The van der Waals surface area contributed by atoms with Gasteiger partial charge in [-0.15, -0.1) is 0 Å². The molecule has 5 bridgehead atoms. The average Bonchev–Trinajstić information content (AvgIpc) is 3.73. The third-order valence-corrected chi connectivity index (χ3v) is 10.6. The zero-order chi connectivity index (χ0) is 34.3. The molecule has 2 aromatic carbocycles. The molecule has 10 heteroatoms. The number of benzene rings is 2. The summed E-state index contributed by atoms with van der Waals surface area (Å²) in [4.78, 5) is 62.1. The highest BCUT2D eigenvalue weighted by atomic mass is 16.6. The van der Waals surface area contributed by atoms with Crippen molar-refractivity contribution in [1.82, 2.24) is 9.80 Å². The van der Waals surface area contributed by atoms with Crippen molar-refractivity contribution in [3.63, 3.8) is 0 Å². The van der Waals surface area contributed by atoms with Crippen LogP contribution in [0.2, 0.25) is 0 Å². The number of aliphatic hydroxyl groups excluding tert-OH is 1. The average molecular weight is 656 g/mol. The van der Waals surface area contributed by atoms with Gasteiger partial charge in [-0.3, -0.25) is 19.2 Å². The smallest absolute Gasteiger partial charge is 0.313 e. The highest BCUT2D eigenvalue weighted by molar-refractivity contribution is 6.05. The molecule has 0 saturated carbocycles. The van der Waals surface area contributed by atoms with Crippen LogP contribution in [0.1, 0.15) is 55.9 Å². The lowest BCUT2D eigenvalue weighted by Gasteiger charge is -2.39. The molecule has 6 rings (SSSR count). The molecule has 0 aliphatic carbocycles. The topological polar surface area (TPSA) is 117 Å². The van der Waals surface area contributed by atoms with E-state index in [1.54, 1.807) is 29.0 Å². The maximum atomic E-state index is 15.1. The van der Waals surface area contributed by atoms with Crippen LogP contribution in [0.5, 0.6) is 0 Å². The summed E-state index contributed by atoms with van der Waals surface area (Å²) in [5, 5.41) is 10.5. The summed E-state index contributed by atoms with van der Waals surface area (Å²) in [5.41, 5.74) is 1.81. The van der Waals surface area contributed by atoms with Crippen molar-refractivity contribution in [1.29, 1.82) is 0 Å². The number of allylic oxidation sites excluding steroid dienone is 1. The number of ether oxygens (including phenoxy) is 2. The molecule has 254 valence electrons. The standard InChI is InChI=1S/C38H45N3O7/c1-6-27(22-42)41-34-36(45)40(28-21-23(2)16-17-24(28)3)20-12-8-11-15-30(43)39(5)25(4)33(26-13-9-7-10-14-26)47-37(46)31-29-18-19-38(34,48-29)32(31)35(41)44/h7-10,12-14,16-19,21,25,27,29,31-34,42H,6,11,15,20,22H2,1-5H3/b12-8-/t25-,27-,29+,31-,32-,33+,34+,38-/m0/s1. The van der Waals surface area contributed by atoms with Gasteiger partial charge in [0.2, 0.25) is 11.8 Å². The maximum Gasteiger partial charge on any atom is 0.313 e. The monoisotopic (exact) mass is 655 g/mol. The second-order valence-corrected chi connectivity index (χ2v) is 13.5. The van der Waals surface area contributed by atoms with Crippen LogP contribution in [-0.2, 0) is 28.7 Å². The van der Waals surface area contributed by atoms with E-state index in [4.69, 9.17) is 9.47 Å². The summed E-state index contributed by atoms with van der Waals surface area (Å²) in [7, 11) is 1.71. The van der Waals surface area contributed by atoms with Gasteiger partial charge in [-0.25, -0.2) is 0 Å². The fourth-order valence-electron chi connectivity index (χ4n) is 7.83. The lowest BCUT2D eigenvalue weighted by molar-refractivity contribution is -0.164. The Morgan fingerprint density at radius 1 is 1.02 bits per heavy atom. The Labute approximate surface area is 282 Å². The Morgan fingerprint density at radius 2 is 1.77 bits per heavy atom. The molecule has 2 saturated heterocycles. The van der Waals surface area contributed by atoms with Crippen LogP contribution in [0.25, 0.3) is 0 Å². The van der Waals surface area contributed by atoms with Gasteiger partial charge in [0.1, 0.15) is 23.7 Å². The predicted molar refractivity (Wildman–Crippen MR) is 180 cm³/mol. The number of esters is 1. The summed E-state index contributed by atoms with van der Waals surface area (Å²) in [5.74, 6) is -3.59. The van der Waals surface area contributed by atoms with Gasteiger partial charge in [0.05, 0.1) is 30.7 Å². The third kappa shape index (κ3) is 5.54. The number of anilines is 1. The molecule has 2 aromatic rings. The minimum atomic E-state index is -1.43. The number of rotatable bonds is 5. The first-order valence-corrected chi connectivity index (χ1v) is 16.9. The molecule has 48 heavy (non-hydrogen) atoms. The quantitative estimate of drug-likeness (QED) is 0.382. The largest absolute Gasteiger partial charge is 0.455 e. The number of fused-ring (bicyclic) bond motifs is 2. The summed E-state index contributed by atoms with van der Waals surface area (Å²) in [6, 6.07) is 12.8. The van der Waals surface area contributed by atoms with Crippen molar-refractivity contribution < 1.29 is 33.8 Å². The third-order valence-electron chi connectivity index (χ3n) is 10.6. The van der Waals surface area contributed by atoms with Crippen LogP contribution in [-0.4, -0.2) is 88.6 Å². The van der Waals surface area contributed by atoms with Gasteiger partial charge in [-0.05, 0) is 56.4 Å². The Morgan fingerprint density at radius 3 is 2.48 bits per heavy atom. The number of cyclic esters (lactones) is 1. The van der Waals surface area contributed by atoms with E-state index >= 15 is 4.79 Å². The molecule has 1 spiro atoms. The molecule has 0 unspecified atom stereocenters. The van der Waals surface area contributed by atoms with Crippen LogP contribution in [0, 0.1) is 25.7 Å². The van der Waals surface area contributed by atoms with E-state index in [0.29, 0.717) is 24.1 Å². The molecule has 1 N–H and O–H groups in total. The molecule has 8 atom stereocenters. The maximum absolute atomic E-state index is 15.1. The molecular weight excluding hydrogens is 610 g/mol. The molecule has 0 radical (unpaired) electrons. The van der Waals surface area contributed by atoms with E-state index in [1.165, 1.54) is 4.90 Å². The Balaban J connectivity index is 1.50. The number of aryl methyl sites for hydroxylation is 2. The molecule has 4 aliphatic heterocycles. The number of carbonyl (C=O) groups excluding carboxylic acids is 4. The van der Waals surface area contributed by atoms with Crippen molar-refractivity contribution in [2.24, 2.45) is 11.8 Å². The van der Waals surface area contributed by atoms with Gasteiger partial charge >= 0.3 is 5.97 Å². The highest BCUT2D eigenvalue weighted by Crippen LogP contribution is 2.56. The number of hydrogen-bond acceptors (Lipinski definition) is 7. The van der Waals surface area contributed by atoms with E-state index in [9.17, 15) is 19.5 Å². The van der Waals surface area contributed by atoms with Crippen LogP contribution >= 0.6 is 0 Å². The van der Waals surface area contributed by atoms with E-state index in [1.807, 2.05) is 88.4 Å². The zero-order valence-electron chi connectivity index (χ0n) is 28.2. The molecule has 10 nitrogen and oxygen atoms in total. The fraction of sp³-hybridized carbons (Fsp3) is 0.474. The van der Waals surface area contributed by atoms with Crippen molar-refractivity contribution in [3.05, 3.63) is 89.5 Å². The number of likely N-dealkylation sites (tertiary alicyclic amines) is 1. The number of carbonyl (C=O) groups is 4. The zero-order valence-corrected chi connectivity index (χ0v) is 28.2. The van der Waals surface area contributed by atoms with E-state index < -0.39 is 59.6 Å². The van der Waals surface area contributed by atoms with Crippen molar-refractivity contribution in [2.45, 2.75) is 82.9 Å². The van der Waals surface area contributed by atoms with Gasteiger partial charge in [-0.1, -0.05) is 73.7 Å². The Hall–Kier alpha value is -4.28. The summed E-state index contributed by atoms with van der Waals surface area (Å²) in [6.07, 6.45) is 6.77. The van der Waals surface area contributed by atoms with Gasteiger partial charge < -0.3 is 29.3 Å². The SMILES string of the molecule is CC[C@@H](CO)N1C(=O)[C@@H]2[C@H]3C(=O)O[C@@H](c4ccccc4)[C@H](C)N(C)C(=O)CC/C=C\CN(c4cc(C)ccc4C)C(=O)[C@@H]1[C@]21C=C[C@H]3O1. The van der Waals surface area contributed by atoms with E-state index in [-0.39, 0.29) is 31.4 Å². The minimum absolute atomic E-state index is 0.111. The number of amides is 3. The highest BCUT2D eigenvalue weighted by Gasteiger charge is 2.74. The summed E-state index contributed by atoms with van der Waals surface area (Å²) >= 11 is 0. The Bertz CT molecular complexity index is 1640. The first-order valence-electron chi connectivity index (χ1n) is 16.9. The van der Waals surface area contributed by atoms with Gasteiger partial charge in [0.25, 0.3) is 5.91 Å². The molecule has 3 amide bonds. The first kappa shape index (κ1) is 33.6. The first-order chi connectivity index (χ1) is 23.0. The predicted octanol–water partition coefficient (Wildman–Crippen LogP) is 4.04. The lowest BCUT2D eigenvalue weighted by Crippen LogP contribution is -2.58. The van der Waals surface area contributed by atoms with E-state index in [0.717, 1.165) is 11.1 Å². The summed E-state index contributed by atoms with van der Waals surface area (Å²) in [6.45, 7) is 7.42. The molecule has 4 aliphatic rings. The fourth-order valence-corrected chi connectivity index (χ4v) is 7.83. The lowest BCUT2D eigenvalue weighted by atomic mass is 9.74. The van der Waals surface area contributed by atoms with Crippen LogP contribution in [0.3, 0.4) is 0 Å². The van der Waals surface area contributed by atoms with Crippen LogP contribution < -0.4 is 4.90 Å². The van der Waals surface area contributed by atoms with Crippen molar-refractivity contribution in [2.75, 3.05) is 25.1 Å². The van der Waals surface area contributed by atoms with Crippen molar-refractivity contribution >= 4 is 29.4 Å². The van der Waals surface area contributed by atoms with Gasteiger partial charge in [0.15, 0.2) is 0 Å². The molecule has 0 aromatic heterocycles. The number of hydrogen-bond donors (Lipinski definition) is 1. The molecule has 2 fully saturated rings. The minimum Gasteiger partial charge on any atom is -0.455 e. The normalized spacial score (nSPS) is 32.1. The second-order valence-electron chi connectivity index (χ2n) is 13.5. The van der Waals surface area contributed by atoms with E-state index in [2.05, 4.69) is 0 Å². The second kappa shape index (κ2) is 13.3. The van der Waals surface area contributed by atoms with Crippen molar-refractivity contribution in [3.8, 4) is 0 Å². The molecular formula is C38H45N3O7. The van der Waals surface area contributed by atoms with Crippen LogP contribution in [0.4, 0.5) is 5.69 Å².